The van der Waals surface area contributed by atoms with Crippen molar-refractivity contribution in [1.82, 2.24) is 0 Å². The van der Waals surface area contributed by atoms with Crippen LogP contribution in [0.4, 0.5) is 0 Å². The smallest absolute Gasteiger partial charge is 0.0845 e. The van der Waals surface area contributed by atoms with E-state index in [-0.39, 0.29) is 12.7 Å². The minimum absolute atomic E-state index is 0.0196. The summed E-state index contributed by atoms with van der Waals surface area (Å²) in [6.07, 6.45) is 0.674. The Labute approximate surface area is 79.2 Å². The standard InChI is InChI=1S/C11H16O2/c1-9-5-3-4-6-10(9)11(13-2)7-8-12/h3-6,11-12H,7-8H2,1-2H3. The molecular weight excluding hydrogens is 164 g/mol. The van der Waals surface area contributed by atoms with Crippen molar-refractivity contribution in [3.05, 3.63) is 35.4 Å². The van der Waals surface area contributed by atoms with Crippen molar-refractivity contribution >= 4 is 0 Å². The van der Waals surface area contributed by atoms with Gasteiger partial charge in [-0.25, -0.2) is 0 Å². The fraction of sp³-hybridized carbons (Fsp3) is 0.455. The fourth-order valence-corrected chi connectivity index (χ4v) is 1.47. The number of aliphatic hydroxyl groups is 1. The second kappa shape index (κ2) is 5.00. The van der Waals surface area contributed by atoms with Crippen LogP contribution in [0, 0.1) is 6.92 Å². The van der Waals surface area contributed by atoms with Gasteiger partial charge in [0.05, 0.1) is 6.10 Å². The number of hydrogen-bond donors (Lipinski definition) is 1. The van der Waals surface area contributed by atoms with Crippen LogP contribution in [0.3, 0.4) is 0 Å². The molecule has 0 aliphatic heterocycles. The van der Waals surface area contributed by atoms with Crippen LogP contribution < -0.4 is 0 Å². The molecule has 13 heavy (non-hydrogen) atoms. The summed E-state index contributed by atoms with van der Waals surface area (Å²) in [6.45, 7) is 2.21. The first-order valence-corrected chi connectivity index (χ1v) is 4.48. The van der Waals surface area contributed by atoms with E-state index in [1.54, 1.807) is 7.11 Å². The summed E-state index contributed by atoms with van der Waals surface area (Å²) in [5, 5.41) is 8.84. The minimum Gasteiger partial charge on any atom is -0.396 e. The van der Waals surface area contributed by atoms with E-state index in [4.69, 9.17) is 9.84 Å². The van der Waals surface area contributed by atoms with Crippen molar-refractivity contribution in [3.8, 4) is 0 Å². The van der Waals surface area contributed by atoms with Gasteiger partial charge in [-0.15, -0.1) is 0 Å². The van der Waals surface area contributed by atoms with Gasteiger partial charge in [-0.3, -0.25) is 0 Å². The molecule has 0 saturated carbocycles. The molecular formula is C11H16O2. The number of hydrogen-bond acceptors (Lipinski definition) is 2. The van der Waals surface area contributed by atoms with Gasteiger partial charge in [0, 0.05) is 20.1 Å². The van der Waals surface area contributed by atoms with Gasteiger partial charge < -0.3 is 9.84 Å². The topological polar surface area (TPSA) is 29.5 Å². The molecule has 0 fully saturated rings. The maximum Gasteiger partial charge on any atom is 0.0845 e. The largest absolute Gasteiger partial charge is 0.396 e. The molecule has 0 aliphatic rings. The van der Waals surface area contributed by atoms with E-state index in [1.807, 2.05) is 18.2 Å². The zero-order valence-corrected chi connectivity index (χ0v) is 8.16. The van der Waals surface area contributed by atoms with Gasteiger partial charge in [0.1, 0.15) is 0 Å². The third-order valence-corrected chi connectivity index (χ3v) is 2.21. The molecule has 1 N–H and O–H groups in total. The molecule has 0 heterocycles. The highest BCUT2D eigenvalue weighted by molar-refractivity contribution is 5.27. The monoisotopic (exact) mass is 180 g/mol. The zero-order chi connectivity index (χ0) is 9.68. The number of benzene rings is 1. The molecule has 0 aliphatic carbocycles. The molecule has 2 heteroatoms. The van der Waals surface area contributed by atoms with Crippen LogP contribution >= 0.6 is 0 Å². The van der Waals surface area contributed by atoms with E-state index in [2.05, 4.69) is 13.0 Å². The third-order valence-electron chi connectivity index (χ3n) is 2.21. The van der Waals surface area contributed by atoms with Gasteiger partial charge in [0.2, 0.25) is 0 Å². The van der Waals surface area contributed by atoms with Crippen molar-refractivity contribution in [2.75, 3.05) is 13.7 Å². The predicted octanol–water partition coefficient (Wildman–Crippen LogP) is 2.06. The lowest BCUT2D eigenvalue weighted by molar-refractivity contribution is 0.0771. The predicted molar refractivity (Wildman–Crippen MR) is 52.6 cm³/mol. The molecule has 0 bridgehead atoms. The Morgan fingerprint density at radius 2 is 2.08 bits per heavy atom. The Kier molecular flexibility index (Phi) is 3.93. The van der Waals surface area contributed by atoms with Crippen molar-refractivity contribution in [2.45, 2.75) is 19.4 Å². The number of aliphatic hydroxyl groups excluding tert-OH is 1. The number of aryl methyl sites for hydroxylation is 1. The van der Waals surface area contributed by atoms with Crippen LogP contribution in [0.5, 0.6) is 0 Å². The molecule has 1 aromatic rings. The van der Waals surface area contributed by atoms with Crippen molar-refractivity contribution in [1.29, 1.82) is 0 Å². The van der Waals surface area contributed by atoms with Crippen molar-refractivity contribution < 1.29 is 9.84 Å². The Morgan fingerprint density at radius 1 is 1.38 bits per heavy atom. The number of methoxy groups -OCH3 is 1. The van der Waals surface area contributed by atoms with E-state index in [1.165, 1.54) is 11.1 Å². The third kappa shape index (κ3) is 2.54. The summed E-state index contributed by atoms with van der Waals surface area (Å²) in [4.78, 5) is 0. The first kappa shape index (κ1) is 10.2. The zero-order valence-electron chi connectivity index (χ0n) is 8.16. The molecule has 0 aromatic heterocycles. The van der Waals surface area contributed by atoms with Crippen LogP contribution in [0.15, 0.2) is 24.3 Å². The lowest BCUT2D eigenvalue weighted by Gasteiger charge is -2.16. The lowest BCUT2D eigenvalue weighted by atomic mass is 10.0. The molecule has 2 nitrogen and oxygen atoms in total. The van der Waals surface area contributed by atoms with E-state index >= 15 is 0 Å². The Balaban J connectivity index is 2.84. The van der Waals surface area contributed by atoms with Crippen molar-refractivity contribution in [2.24, 2.45) is 0 Å². The Morgan fingerprint density at radius 3 is 2.62 bits per heavy atom. The highest BCUT2D eigenvalue weighted by Gasteiger charge is 2.10. The van der Waals surface area contributed by atoms with Crippen molar-refractivity contribution in [3.63, 3.8) is 0 Å². The summed E-state index contributed by atoms with van der Waals surface area (Å²) in [6, 6.07) is 8.09. The minimum atomic E-state index is 0.0196. The van der Waals surface area contributed by atoms with Gasteiger partial charge in [0.25, 0.3) is 0 Å². The molecule has 1 unspecified atom stereocenters. The first-order chi connectivity index (χ1) is 6.29. The van der Waals surface area contributed by atoms with Gasteiger partial charge in [-0.1, -0.05) is 24.3 Å². The van der Waals surface area contributed by atoms with Crippen LogP contribution in [-0.4, -0.2) is 18.8 Å². The molecule has 1 rings (SSSR count). The molecule has 1 aromatic carbocycles. The quantitative estimate of drug-likeness (QED) is 0.768. The second-order valence-electron chi connectivity index (χ2n) is 3.09. The van der Waals surface area contributed by atoms with Crippen LogP contribution in [-0.2, 0) is 4.74 Å². The van der Waals surface area contributed by atoms with E-state index in [9.17, 15) is 0 Å². The highest BCUT2D eigenvalue weighted by Crippen LogP contribution is 2.22. The SMILES string of the molecule is COC(CCO)c1ccccc1C. The van der Waals surface area contributed by atoms with Gasteiger partial charge >= 0.3 is 0 Å². The van der Waals surface area contributed by atoms with Gasteiger partial charge in [-0.05, 0) is 18.1 Å². The summed E-state index contributed by atoms with van der Waals surface area (Å²) >= 11 is 0. The number of ether oxygens (including phenoxy) is 1. The molecule has 0 amide bonds. The van der Waals surface area contributed by atoms with Crippen LogP contribution in [0.25, 0.3) is 0 Å². The number of rotatable bonds is 4. The first-order valence-electron chi connectivity index (χ1n) is 4.48. The van der Waals surface area contributed by atoms with E-state index < -0.39 is 0 Å². The molecule has 0 radical (unpaired) electrons. The Bertz CT molecular complexity index is 258. The molecule has 72 valence electrons. The average Bonchev–Trinajstić information content (AvgIpc) is 2.16. The van der Waals surface area contributed by atoms with Gasteiger partial charge in [-0.2, -0.15) is 0 Å². The summed E-state index contributed by atoms with van der Waals surface area (Å²) in [5.74, 6) is 0. The van der Waals surface area contributed by atoms with E-state index in [0.717, 1.165) is 0 Å². The summed E-state index contributed by atoms with van der Waals surface area (Å²) < 4.78 is 5.30. The lowest BCUT2D eigenvalue weighted by Crippen LogP contribution is -2.05. The second-order valence-corrected chi connectivity index (χ2v) is 3.09. The maximum absolute atomic E-state index is 8.84. The normalized spacial score (nSPS) is 12.8. The van der Waals surface area contributed by atoms with Crippen LogP contribution in [0.1, 0.15) is 23.7 Å². The maximum atomic E-state index is 8.84. The summed E-state index contributed by atoms with van der Waals surface area (Å²) in [7, 11) is 1.67. The fourth-order valence-electron chi connectivity index (χ4n) is 1.47. The van der Waals surface area contributed by atoms with E-state index in [0.29, 0.717) is 6.42 Å². The van der Waals surface area contributed by atoms with Crippen LogP contribution in [0.2, 0.25) is 0 Å². The average molecular weight is 180 g/mol. The Hall–Kier alpha value is -0.860. The molecule has 1 atom stereocenters. The summed E-state index contributed by atoms with van der Waals surface area (Å²) in [5.41, 5.74) is 2.38. The molecule has 0 spiro atoms. The highest BCUT2D eigenvalue weighted by atomic mass is 16.5. The van der Waals surface area contributed by atoms with Gasteiger partial charge in [0.15, 0.2) is 0 Å². The molecule has 0 saturated heterocycles.